The van der Waals surface area contributed by atoms with Crippen molar-refractivity contribution in [2.24, 2.45) is 5.92 Å². The third kappa shape index (κ3) is 4.13. The molecule has 0 bridgehead atoms. The first kappa shape index (κ1) is 18.2. The van der Waals surface area contributed by atoms with Crippen molar-refractivity contribution in [3.05, 3.63) is 65.2 Å². The second kappa shape index (κ2) is 7.73. The Kier molecular flexibility index (Phi) is 5.40. The number of benzene rings is 2. The monoisotopic (exact) mass is 350 g/mol. The predicted molar refractivity (Wildman–Crippen MR) is 104 cm³/mol. The van der Waals surface area contributed by atoms with Crippen molar-refractivity contribution in [1.29, 1.82) is 0 Å². The third-order valence-corrected chi connectivity index (χ3v) is 4.95. The second-order valence-corrected chi connectivity index (χ2v) is 7.36. The highest BCUT2D eigenvalue weighted by Crippen LogP contribution is 2.25. The zero-order valence-corrected chi connectivity index (χ0v) is 15.7. The Morgan fingerprint density at radius 2 is 1.77 bits per heavy atom. The maximum Gasteiger partial charge on any atom is 0.227 e. The van der Waals surface area contributed by atoms with Crippen LogP contribution in [0.3, 0.4) is 0 Å². The van der Waals surface area contributed by atoms with Crippen LogP contribution in [-0.4, -0.2) is 18.4 Å². The van der Waals surface area contributed by atoms with Gasteiger partial charge in [-0.15, -0.1) is 0 Å². The number of hydrogen-bond donors (Lipinski definition) is 1. The van der Waals surface area contributed by atoms with Crippen LogP contribution in [-0.2, 0) is 16.1 Å². The van der Waals surface area contributed by atoms with Gasteiger partial charge in [0.15, 0.2) is 0 Å². The molecule has 3 rings (SSSR count). The summed E-state index contributed by atoms with van der Waals surface area (Å²) in [5.74, 6) is 0.158. The zero-order valence-electron chi connectivity index (χ0n) is 15.7. The summed E-state index contributed by atoms with van der Waals surface area (Å²) in [6, 6.07) is 16.1. The van der Waals surface area contributed by atoms with Crippen molar-refractivity contribution in [2.75, 3.05) is 11.4 Å². The number of nitrogens with one attached hydrogen (secondary N) is 1. The van der Waals surface area contributed by atoms with Gasteiger partial charge in [0.25, 0.3) is 0 Å². The van der Waals surface area contributed by atoms with E-state index in [0.29, 0.717) is 19.0 Å². The highest BCUT2D eigenvalue weighted by Gasteiger charge is 2.34. The van der Waals surface area contributed by atoms with Crippen LogP contribution in [0.25, 0.3) is 0 Å². The van der Waals surface area contributed by atoms with Crippen LogP contribution < -0.4 is 10.2 Å². The van der Waals surface area contributed by atoms with Gasteiger partial charge in [0.1, 0.15) is 0 Å². The van der Waals surface area contributed by atoms with Crippen LogP contribution >= 0.6 is 0 Å². The molecule has 0 radical (unpaired) electrons. The Balaban J connectivity index is 1.57. The number of aryl methyl sites for hydroxylation is 1. The van der Waals surface area contributed by atoms with E-state index in [2.05, 4.69) is 31.3 Å². The molecule has 4 nitrogen and oxygen atoms in total. The summed E-state index contributed by atoms with van der Waals surface area (Å²) in [7, 11) is 0. The lowest BCUT2D eigenvalue weighted by molar-refractivity contribution is -0.126. The van der Waals surface area contributed by atoms with Gasteiger partial charge < -0.3 is 10.2 Å². The van der Waals surface area contributed by atoms with Crippen LogP contribution in [0.15, 0.2) is 48.5 Å². The first-order valence-corrected chi connectivity index (χ1v) is 9.17. The molecule has 2 amide bonds. The van der Waals surface area contributed by atoms with Crippen LogP contribution in [0.1, 0.15) is 42.9 Å². The van der Waals surface area contributed by atoms with Crippen molar-refractivity contribution >= 4 is 17.5 Å². The van der Waals surface area contributed by atoms with Crippen molar-refractivity contribution in [2.45, 2.75) is 39.7 Å². The molecule has 136 valence electrons. The van der Waals surface area contributed by atoms with Gasteiger partial charge in [-0.05, 0) is 36.1 Å². The van der Waals surface area contributed by atoms with E-state index in [1.807, 2.05) is 43.3 Å². The number of rotatable bonds is 5. The fourth-order valence-corrected chi connectivity index (χ4v) is 3.21. The summed E-state index contributed by atoms with van der Waals surface area (Å²) in [5, 5.41) is 2.97. The molecule has 0 saturated carbocycles. The molecule has 1 saturated heterocycles. The number of amides is 2. The molecule has 26 heavy (non-hydrogen) atoms. The highest BCUT2D eigenvalue weighted by molar-refractivity contribution is 6.00. The molecule has 0 aromatic heterocycles. The van der Waals surface area contributed by atoms with Crippen molar-refractivity contribution in [1.82, 2.24) is 5.32 Å². The number of anilines is 1. The first-order chi connectivity index (χ1) is 12.4. The summed E-state index contributed by atoms with van der Waals surface area (Å²) in [6.45, 7) is 7.27. The van der Waals surface area contributed by atoms with Gasteiger partial charge in [-0.2, -0.15) is 0 Å². The van der Waals surface area contributed by atoms with Crippen molar-refractivity contribution in [3.63, 3.8) is 0 Å². The molecule has 1 aliphatic rings. The molecule has 1 heterocycles. The summed E-state index contributed by atoms with van der Waals surface area (Å²) in [5.41, 5.74) is 4.37. The Hall–Kier alpha value is -2.62. The van der Waals surface area contributed by atoms with Crippen LogP contribution in [0.2, 0.25) is 0 Å². The van der Waals surface area contributed by atoms with E-state index >= 15 is 0 Å². The van der Waals surface area contributed by atoms with Gasteiger partial charge in [0, 0.05) is 25.2 Å². The molecule has 0 aliphatic carbocycles. The van der Waals surface area contributed by atoms with Gasteiger partial charge in [-0.25, -0.2) is 0 Å². The minimum absolute atomic E-state index is 0.00953. The summed E-state index contributed by atoms with van der Waals surface area (Å²) < 4.78 is 0. The summed E-state index contributed by atoms with van der Waals surface area (Å²) in [4.78, 5) is 26.5. The Bertz CT molecular complexity index is 779. The third-order valence-electron chi connectivity index (χ3n) is 4.95. The molecule has 2 aromatic carbocycles. The van der Waals surface area contributed by atoms with Gasteiger partial charge in [0.05, 0.1) is 5.92 Å². The number of carbonyl (C=O) groups excluding carboxylic acids is 2. The molecule has 0 unspecified atom stereocenters. The molecule has 1 N–H and O–H groups in total. The summed E-state index contributed by atoms with van der Waals surface area (Å²) >= 11 is 0. The standard InChI is InChI=1S/C22H26N2O2/c1-15(2)18-8-6-17(7-9-18)13-23-22(26)19-12-21(25)24(14-19)20-10-4-16(3)5-11-20/h4-11,15,19H,12-14H2,1-3H3,(H,23,26)/t19-/m0/s1. The average molecular weight is 350 g/mol. The molecule has 1 fully saturated rings. The quantitative estimate of drug-likeness (QED) is 0.892. The molecule has 1 atom stereocenters. The Morgan fingerprint density at radius 3 is 2.38 bits per heavy atom. The van der Waals surface area contributed by atoms with Crippen LogP contribution in [0.5, 0.6) is 0 Å². The fourth-order valence-electron chi connectivity index (χ4n) is 3.21. The van der Waals surface area contributed by atoms with Gasteiger partial charge >= 0.3 is 0 Å². The molecule has 4 heteroatoms. The average Bonchev–Trinajstić information content (AvgIpc) is 3.02. The lowest BCUT2D eigenvalue weighted by atomic mass is 10.0. The highest BCUT2D eigenvalue weighted by atomic mass is 16.2. The zero-order chi connectivity index (χ0) is 18.7. The minimum atomic E-state index is -0.293. The molecular weight excluding hydrogens is 324 g/mol. The first-order valence-electron chi connectivity index (χ1n) is 9.17. The topological polar surface area (TPSA) is 49.4 Å². The Morgan fingerprint density at radius 1 is 1.12 bits per heavy atom. The van der Waals surface area contributed by atoms with Crippen LogP contribution in [0, 0.1) is 12.8 Å². The molecule has 1 aliphatic heterocycles. The number of carbonyl (C=O) groups is 2. The number of hydrogen-bond acceptors (Lipinski definition) is 2. The van der Waals surface area contributed by atoms with E-state index in [9.17, 15) is 9.59 Å². The lowest BCUT2D eigenvalue weighted by Gasteiger charge is -2.17. The molecule has 0 spiro atoms. The van der Waals surface area contributed by atoms with Crippen molar-refractivity contribution < 1.29 is 9.59 Å². The van der Waals surface area contributed by atoms with Crippen LogP contribution in [0.4, 0.5) is 5.69 Å². The fraction of sp³-hybridized carbons (Fsp3) is 0.364. The molecule has 2 aromatic rings. The second-order valence-electron chi connectivity index (χ2n) is 7.36. The smallest absolute Gasteiger partial charge is 0.227 e. The van der Waals surface area contributed by atoms with E-state index < -0.39 is 0 Å². The van der Waals surface area contributed by atoms with E-state index in [1.54, 1.807) is 4.90 Å². The Labute approximate surface area is 155 Å². The SMILES string of the molecule is Cc1ccc(N2C[C@@H](C(=O)NCc3ccc(C(C)C)cc3)CC2=O)cc1. The van der Waals surface area contributed by atoms with Gasteiger partial charge in [0.2, 0.25) is 11.8 Å². The maximum absolute atomic E-state index is 12.5. The summed E-state index contributed by atoms with van der Waals surface area (Å²) in [6.07, 6.45) is 0.270. The van der Waals surface area contributed by atoms with E-state index in [4.69, 9.17) is 0 Å². The van der Waals surface area contributed by atoms with Gasteiger partial charge in [-0.3, -0.25) is 9.59 Å². The van der Waals surface area contributed by atoms with E-state index in [1.165, 1.54) is 5.56 Å². The lowest BCUT2D eigenvalue weighted by Crippen LogP contribution is -2.32. The molecular formula is C22H26N2O2. The predicted octanol–water partition coefficient (Wildman–Crippen LogP) is 3.79. The minimum Gasteiger partial charge on any atom is -0.352 e. The van der Waals surface area contributed by atoms with Gasteiger partial charge in [-0.1, -0.05) is 55.8 Å². The van der Waals surface area contributed by atoms with E-state index in [0.717, 1.165) is 16.8 Å². The van der Waals surface area contributed by atoms with E-state index in [-0.39, 0.29) is 24.2 Å². The maximum atomic E-state index is 12.5. The largest absolute Gasteiger partial charge is 0.352 e. The van der Waals surface area contributed by atoms with Crippen molar-refractivity contribution in [3.8, 4) is 0 Å². The normalized spacial score (nSPS) is 17.0. The number of nitrogens with zero attached hydrogens (tertiary/aromatic N) is 1.